The molecule has 4 rings (SSSR count). The number of benzene rings is 4. The molecule has 4 aromatic rings. The van der Waals surface area contributed by atoms with Crippen molar-refractivity contribution in [3.63, 3.8) is 0 Å². The predicted octanol–water partition coefficient (Wildman–Crippen LogP) is 6.19. The van der Waals surface area contributed by atoms with Gasteiger partial charge in [-0.1, -0.05) is 86.0 Å². The molecule has 220 valence electrons. The number of para-hydroxylation sites is 2. The Kier molecular flexibility index (Phi) is 9.80. The number of sulfone groups is 1. The Balaban J connectivity index is 1.68. The molecular weight excluding hydrogens is 564 g/mol. The molecule has 0 bridgehead atoms. The molecule has 0 saturated heterocycles. The highest BCUT2D eigenvalue weighted by Gasteiger charge is 2.29. The highest BCUT2D eigenvalue weighted by Crippen LogP contribution is 2.40. The number of amides is 2. The Bertz CT molecular complexity index is 1640. The van der Waals surface area contributed by atoms with Crippen LogP contribution in [0.1, 0.15) is 22.3 Å². The molecular formula is C34H32N2O6S. The summed E-state index contributed by atoms with van der Waals surface area (Å²) < 4.78 is 39.3. The van der Waals surface area contributed by atoms with Crippen LogP contribution in [-0.2, 0) is 32.3 Å². The molecule has 2 N–H and O–H groups in total. The highest BCUT2D eigenvalue weighted by atomic mass is 32.2. The minimum Gasteiger partial charge on any atom is -0.495 e. The van der Waals surface area contributed by atoms with Crippen molar-refractivity contribution < 1.29 is 27.5 Å². The van der Waals surface area contributed by atoms with E-state index in [1.54, 1.807) is 48.6 Å². The van der Waals surface area contributed by atoms with Crippen LogP contribution >= 0.6 is 0 Å². The van der Waals surface area contributed by atoms with Gasteiger partial charge in [0.05, 0.1) is 36.9 Å². The third kappa shape index (κ3) is 7.20. The van der Waals surface area contributed by atoms with E-state index in [0.29, 0.717) is 0 Å². The fourth-order valence-corrected chi connectivity index (χ4v) is 6.05. The molecule has 43 heavy (non-hydrogen) atoms. The smallest absolute Gasteiger partial charge is 0.228 e. The maximum atomic E-state index is 14.2. The first-order valence-electron chi connectivity index (χ1n) is 13.3. The summed E-state index contributed by atoms with van der Waals surface area (Å²) in [6, 6.07) is 23.4. The van der Waals surface area contributed by atoms with Gasteiger partial charge >= 0.3 is 0 Å². The first-order valence-corrected chi connectivity index (χ1v) is 14.8. The Labute approximate surface area is 251 Å². The van der Waals surface area contributed by atoms with Gasteiger partial charge in [-0.25, -0.2) is 8.42 Å². The number of carbonyl (C=O) groups is 2. The van der Waals surface area contributed by atoms with E-state index in [2.05, 4.69) is 23.8 Å². The predicted molar refractivity (Wildman–Crippen MR) is 169 cm³/mol. The quantitative estimate of drug-likeness (QED) is 0.202. The van der Waals surface area contributed by atoms with Crippen molar-refractivity contribution >= 4 is 45.2 Å². The summed E-state index contributed by atoms with van der Waals surface area (Å²) in [5.74, 6) is -0.552. The Morgan fingerprint density at radius 2 is 1.02 bits per heavy atom. The average Bonchev–Trinajstić information content (AvgIpc) is 3.01. The molecule has 0 atom stereocenters. The summed E-state index contributed by atoms with van der Waals surface area (Å²) in [6.45, 7) is 7.45. The first kappa shape index (κ1) is 30.8. The lowest BCUT2D eigenvalue weighted by Crippen LogP contribution is -2.20. The van der Waals surface area contributed by atoms with Crippen LogP contribution in [0.4, 0.5) is 11.4 Å². The van der Waals surface area contributed by atoms with E-state index in [-0.39, 0.29) is 45.5 Å². The first-order chi connectivity index (χ1) is 20.7. The van der Waals surface area contributed by atoms with Crippen LogP contribution in [0.5, 0.6) is 11.5 Å². The molecule has 4 aromatic carbocycles. The second-order valence-electron chi connectivity index (χ2n) is 9.51. The van der Waals surface area contributed by atoms with Crippen molar-refractivity contribution in [1.29, 1.82) is 0 Å². The van der Waals surface area contributed by atoms with E-state index in [1.807, 2.05) is 24.3 Å². The topological polar surface area (TPSA) is 111 Å². The van der Waals surface area contributed by atoms with Gasteiger partial charge in [0, 0.05) is 0 Å². The monoisotopic (exact) mass is 596 g/mol. The van der Waals surface area contributed by atoms with E-state index >= 15 is 0 Å². The molecule has 9 heteroatoms. The van der Waals surface area contributed by atoms with Crippen LogP contribution in [0.25, 0.3) is 12.2 Å². The van der Waals surface area contributed by atoms with Gasteiger partial charge in [0.1, 0.15) is 22.9 Å². The van der Waals surface area contributed by atoms with Gasteiger partial charge in [0.15, 0.2) is 0 Å². The molecule has 0 saturated carbocycles. The van der Waals surface area contributed by atoms with Gasteiger partial charge in [-0.3, -0.25) is 9.59 Å². The maximum Gasteiger partial charge on any atom is 0.228 e. The second kappa shape index (κ2) is 13.7. The maximum absolute atomic E-state index is 14.2. The molecule has 0 fully saturated rings. The fourth-order valence-electron chi connectivity index (χ4n) is 4.46. The van der Waals surface area contributed by atoms with E-state index in [1.165, 1.54) is 38.5 Å². The lowest BCUT2D eigenvalue weighted by molar-refractivity contribution is -0.116. The van der Waals surface area contributed by atoms with Gasteiger partial charge in [0.2, 0.25) is 21.7 Å². The zero-order valence-corrected chi connectivity index (χ0v) is 24.7. The van der Waals surface area contributed by atoms with E-state index < -0.39 is 21.7 Å². The number of carbonyl (C=O) groups excluding carboxylic acids is 2. The molecule has 0 aliphatic rings. The van der Waals surface area contributed by atoms with Crippen molar-refractivity contribution in [3.05, 3.63) is 120 Å². The third-order valence-electron chi connectivity index (χ3n) is 6.68. The largest absolute Gasteiger partial charge is 0.495 e. The van der Waals surface area contributed by atoms with Crippen LogP contribution in [0, 0.1) is 0 Å². The van der Waals surface area contributed by atoms with Crippen molar-refractivity contribution in [1.82, 2.24) is 0 Å². The zero-order valence-electron chi connectivity index (χ0n) is 23.9. The molecule has 0 unspecified atom stereocenters. The number of rotatable bonds is 12. The molecule has 0 aromatic heterocycles. The molecule has 0 aliphatic carbocycles. The normalized spacial score (nSPS) is 10.8. The van der Waals surface area contributed by atoms with Crippen LogP contribution in [0.2, 0.25) is 0 Å². The summed E-state index contributed by atoms with van der Waals surface area (Å²) in [4.78, 5) is 25.8. The van der Waals surface area contributed by atoms with Crippen molar-refractivity contribution in [2.75, 3.05) is 24.9 Å². The van der Waals surface area contributed by atoms with Crippen molar-refractivity contribution in [2.24, 2.45) is 0 Å². The molecule has 0 aliphatic heterocycles. The minimum atomic E-state index is -4.33. The number of hydrogen-bond donors (Lipinski definition) is 2. The molecule has 8 nitrogen and oxygen atoms in total. The highest BCUT2D eigenvalue weighted by molar-refractivity contribution is 7.91. The van der Waals surface area contributed by atoms with Crippen LogP contribution in [-0.4, -0.2) is 34.5 Å². The second-order valence-corrected chi connectivity index (χ2v) is 11.4. The standard InChI is InChI=1S/C34H32N2O6S/c1-5-23-13-17-25(18-14-23)21-31(37)35-33-27(41-3)9-7-11-29(33)43(39,40)30-12-8-10-28(42-4)34(30)36-32(38)22-26-19-15-24(6-2)16-20-26/h5-20H,1-2,21-22H2,3-4H3,(H,35,37)(H,36,38). The summed E-state index contributed by atoms with van der Waals surface area (Å²) in [6.07, 6.45) is 3.41. The lowest BCUT2D eigenvalue weighted by atomic mass is 10.1. The Hall–Kier alpha value is -5.15. The molecule has 0 radical (unpaired) electrons. The molecule has 2 amide bonds. The van der Waals surface area contributed by atoms with E-state index in [0.717, 1.165) is 22.3 Å². The Morgan fingerprint density at radius 1 is 0.651 bits per heavy atom. The average molecular weight is 597 g/mol. The summed E-state index contributed by atoms with van der Waals surface area (Å²) in [5.41, 5.74) is 3.27. The lowest BCUT2D eigenvalue weighted by Gasteiger charge is -2.18. The van der Waals surface area contributed by atoms with Gasteiger partial charge in [-0.05, 0) is 46.5 Å². The summed E-state index contributed by atoms with van der Waals surface area (Å²) in [7, 11) is -1.57. The van der Waals surface area contributed by atoms with Crippen LogP contribution in [0.3, 0.4) is 0 Å². The fraction of sp³-hybridized carbons (Fsp3) is 0.118. The van der Waals surface area contributed by atoms with Gasteiger partial charge in [-0.2, -0.15) is 0 Å². The van der Waals surface area contributed by atoms with Crippen molar-refractivity contribution in [3.8, 4) is 11.5 Å². The number of nitrogens with one attached hydrogen (secondary N) is 2. The summed E-state index contributed by atoms with van der Waals surface area (Å²) >= 11 is 0. The number of anilines is 2. The van der Waals surface area contributed by atoms with Crippen LogP contribution in [0.15, 0.2) is 108 Å². The number of ether oxygens (including phenoxy) is 2. The minimum absolute atomic E-state index is 0.00318. The van der Waals surface area contributed by atoms with Crippen molar-refractivity contribution in [2.45, 2.75) is 22.6 Å². The Morgan fingerprint density at radius 3 is 1.35 bits per heavy atom. The van der Waals surface area contributed by atoms with Gasteiger partial charge < -0.3 is 20.1 Å². The SMILES string of the molecule is C=Cc1ccc(CC(=O)Nc2c(OC)cccc2S(=O)(=O)c2cccc(OC)c2NC(=O)Cc2ccc(C=C)cc2)cc1. The van der Waals surface area contributed by atoms with Gasteiger partial charge in [0.25, 0.3) is 0 Å². The van der Waals surface area contributed by atoms with Gasteiger partial charge in [-0.15, -0.1) is 0 Å². The molecule has 0 heterocycles. The van der Waals surface area contributed by atoms with E-state index in [4.69, 9.17) is 9.47 Å². The zero-order chi connectivity index (χ0) is 31.0. The number of hydrogen-bond acceptors (Lipinski definition) is 6. The molecule has 0 spiro atoms. The van der Waals surface area contributed by atoms with Crippen LogP contribution < -0.4 is 20.1 Å². The number of methoxy groups -OCH3 is 2. The summed E-state index contributed by atoms with van der Waals surface area (Å²) in [5, 5.41) is 5.45. The van der Waals surface area contributed by atoms with E-state index in [9.17, 15) is 18.0 Å². The third-order valence-corrected chi connectivity index (χ3v) is 8.52.